The summed E-state index contributed by atoms with van der Waals surface area (Å²) >= 11 is 0. The summed E-state index contributed by atoms with van der Waals surface area (Å²) in [5, 5.41) is 6.03. The minimum Gasteiger partial charge on any atom is -0.380 e. The molecule has 2 heterocycles. The van der Waals surface area contributed by atoms with Crippen molar-refractivity contribution in [3.05, 3.63) is 77.9 Å². The molecule has 0 fully saturated rings. The molecule has 2 aromatic carbocycles. The Labute approximate surface area is 144 Å². The molecule has 0 aliphatic carbocycles. The first-order valence-corrected chi connectivity index (χ1v) is 8.04. The summed E-state index contributed by atoms with van der Waals surface area (Å²) in [7, 11) is 0. The monoisotopic (exact) mass is 333 g/mol. The predicted octanol–water partition coefficient (Wildman–Crippen LogP) is 3.99. The summed E-state index contributed by atoms with van der Waals surface area (Å²) in [5.74, 6) is -0.208. The van der Waals surface area contributed by atoms with Gasteiger partial charge in [-0.1, -0.05) is 24.3 Å². The lowest BCUT2D eigenvalue weighted by Gasteiger charge is -2.09. The number of fused-ring (bicyclic) bond motifs is 1. The van der Waals surface area contributed by atoms with Crippen LogP contribution in [0.25, 0.3) is 11.1 Å². The molecule has 25 heavy (non-hydrogen) atoms. The first-order chi connectivity index (χ1) is 12.2. The number of halogens is 1. The SMILES string of the molecule is O=C1Cc2cc(-c3cncc(NCc4ccccc4F)c3)ccc2N1. The zero-order valence-corrected chi connectivity index (χ0v) is 13.4. The van der Waals surface area contributed by atoms with Crippen LogP contribution in [0.2, 0.25) is 0 Å². The molecule has 4 nitrogen and oxygen atoms in total. The van der Waals surface area contributed by atoms with E-state index in [9.17, 15) is 9.18 Å². The number of amides is 1. The molecule has 0 spiro atoms. The molecule has 124 valence electrons. The zero-order chi connectivity index (χ0) is 17.2. The first-order valence-electron chi connectivity index (χ1n) is 8.04. The van der Waals surface area contributed by atoms with E-state index in [1.54, 1.807) is 24.5 Å². The smallest absolute Gasteiger partial charge is 0.228 e. The minimum atomic E-state index is -0.227. The molecule has 0 radical (unpaired) electrons. The van der Waals surface area contributed by atoms with Crippen molar-refractivity contribution in [1.82, 2.24) is 4.98 Å². The van der Waals surface area contributed by atoms with Crippen molar-refractivity contribution in [2.24, 2.45) is 0 Å². The van der Waals surface area contributed by atoms with Gasteiger partial charge in [0.15, 0.2) is 0 Å². The Hall–Kier alpha value is -3.21. The lowest BCUT2D eigenvalue weighted by atomic mass is 10.0. The fraction of sp³-hybridized carbons (Fsp3) is 0.100. The lowest BCUT2D eigenvalue weighted by molar-refractivity contribution is -0.115. The number of hydrogen-bond acceptors (Lipinski definition) is 3. The molecular formula is C20H16FN3O. The van der Waals surface area contributed by atoms with Gasteiger partial charge >= 0.3 is 0 Å². The van der Waals surface area contributed by atoms with Gasteiger partial charge in [0.2, 0.25) is 5.91 Å². The number of hydrogen-bond donors (Lipinski definition) is 2. The van der Waals surface area contributed by atoms with Crippen molar-refractivity contribution < 1.29 is 9.18 Å². The van der Waals surface area contributed by atoms with Crippen LogP contribution in [-0.4, -0.2) is 10.9 Å². The van der Waals surface area contributed by atoms with Gasteiger partial charge in [0, 0.05) is 35.8 Å². The lowest BCUT2D eigenvalue weighted by Crippen LogP contribution is -2.03. The second-order valence-electron chi connectivity index (χ2n) is 6.00. The van der Waals surface area contributed by atoms with Crippen molar-refractivity contribution >= 4 is 17.3 Å². The Morgan fingerprint density at radius 3 is 2.84 bits per heavy atom. The molecule has 3 aromatic rings. The number of pyridine rings is 1. The number of anilines is 2. The number of benzene rings is 2. The van der Waals surface area contributed by atoms with Crippen molar-refractivity contribution in [1.29, 1.82) is 0 Å². The van der Waals surface area contributed by atoms with Crippen LogP contribution >= 0.6 is 0 Å². The Bertz CT molecular complexity index is 955. The van der Waals surface area contributed by atoms with E-state index in [4.69, 9.17) is 0 Å². The highest BCUT2D eigenvalue weighted by atomic mass is 19.1. The van der Waals surface area contributed by atoms with E-state index < -0.39 is 0 Å². The van der Waals surface area contributed by atoms with Gasteiger partial charge in [0.25, 0.3) is 0 Å². The second kappa shape index (κ2) is 6.36. The van der Waals surface area contributed by atoms with E-state index in [1.165, 1.54) is 6.07 Å². The molecule has 1 aliphatic heterocycles. The third-order valence-electron chi connectivity index (χ3n) is 4.24. The van der Waals surface area contributed by atoms with Crippen molar-refractivity contribution in [2.75, 3.05) is 10.6 Å². The number of carbonyl (C=O) groups is 1. The third-order valence-corrected chi connectivity index (χ3v) is 4.24. The van der Waals surface area contributed by atoms with Gasteiger partial charge in [-0.05, 0) is 35.4 Å². The molecular weight excluding hydrogens is 317 g/mol. The molecule has 1 aromatic heterocycles. The molecule has 0 saturated heterocycles. The van der Waals surface area contributed by atoms with E-state index in [-0.39, 0.29) is 11.7 Å². The van der Waals surface area contributed by atoms with Crippen LogP contribution in [0.3, 0.4) is 0 Å². The highest BCUT2D eigenvalue weighted by Crippen LogP contribution is 2.29. The highest BCUT2D eigenvalue weighted by Gasteiger charge is 2.17. The Kier molecular flexibility index (Phi) is 3.90. The fourth-order valence-corrected chi connectivity index (χ4v) is 2.94. The number of nitrogens with one attached hydrogen (secondary N) is 2. The normalized spacial score (nSPS) is 12.6. The minimum absolute atomic E-state index is 0.0191. The van der Waals surface area contributed by atoms with Crippen molar-refractivity contribution in [2.45, 2.75) is 13.0 Å². The highest BCUT2D eigenvalue weighted by molar-refractivity contribution is 5.99. The molecule has 4 rings (SSSR count). The summed E-state index contributed by atoms with van der Waals surface area (Å²) in [4.78, 5) is 15.8. The Balaban J connectivity index is 1.55. The van der Waals surface area contributed by atoms with Gasteiger partial charge in [-0.25, -0.2) is 4.39 Å². The summed E-state index contributed by atoms with van der Waals surface area (Å²) in [6.45, 7) is 0.389. The van der Waals surface area contributed by atoms with Crippen LogP contribution < -0.4 is 10.6 Å². The number of rotatable bonds is 4. The third kappa shape index (κ3) is 3.21. The van der Waals surface area contributed by atoms with Gasteiger partial charge in [0.1, 0.15) is 5.82 Å². The van der Waals surface area contributed by atoms with Crippen LogP contribution in [-0.2, 0) is 17.8 Å². The molecule has 0 bridgehead atoms. The number of carbonyl (C=O) groups excluding carboxylic acids is 1. The van der Waals surface area contributed by atoms with Crippen molar-refractivity contribution in [3.8, 4) is 11.1 Å². The molecule has 0 unspecified atom stereocenters. The zero-order valence-electron chi connectivity index (χ0n) is 13.4. The van der Waals surface area contributed by atoms with E-state index in [1.807, 2.05) is 30.3 Å². The van der Waals surface area contributed by atoms with Crippen LogP contribution in [0.1, 0.15) is 11.1 Å². The maximum atomic E-state index is 13.7. The predicted molar refractivity (Wildman–Crippen MR) is 95.7 cm³/mol. The summed E-state index contributed by atoms with van der Waals surface area (Å²) in [6, 6.07) is 14.5. The fourth-order valence-electron chi connectivity index (χ4n) is 2.94. The van der Waals surface area contributed by atoms with Gasteiger partial charge in [-0.15, -0.1) is 0 Å². The average molecular weight is 333 g/mol. The second-order valence-corrected chi connectivity index (χ2v) is 6.00. The quantitative estimate of drug-likeness (QED) is 0.759. The van der Waals surface area contributed by atoms with Crippen LogP contribution in [0.5, 0.6) is 0 Å². The van der Waals surface area contributed by atoms with E-state index >= 15 is 0 Å². The van der Waals surface area contributed by atoms with E-state index in [2.05, 4.69) is 15.6 Å². The van der Waals surface area contributed by atoms with Gasteiger partial charge in [0.05, 0.1) is 12.1 Å². The molecule has 2 N–H and O–H groups in total. The largest absolute Gasteiger partial charge is 0.380 e. The topological polar surface area (TPSA) is 54.0 Å². The summed E-state index contributed by atoms with van der Waals surface area (Å²) in [6.07, 6.45) is 3.89. The standard InChI is InChI=1S/C20H16FN3O/c21-18-4-2-1-3-14(18)11-23-17-8-16(10-22-12-17)13-5-6-19-15(7-13)9-20(25)24-19/h1-8,10,12,23H,9,11H2,(H,24,25). The molecule has 1 aliphatic rings. The van der Waals surface area contributed by atoms with Gasteiger partial charge in [-0.2, -0.15) is 0 Å². The first kappa shape index (κ1) is 15.3. The maximum Gasteiger partial charge on any atom is 0.228 e. The maximum absolute atomic E-state index is 13.7. The average Bonchev–Trinajstić information content (AvgIpc) is 3.00. The molecule has 5 heteroatoms. The summed E-state index contributed by atoms with van der Waals surface area (Å²) < 4.78 is 13.7. The Morgan fingerprint density at radius 1 is 1.08 bits per heavy atom. The van der Waals surface area contributed by atoms with Crippen LogP contribution in [0.15, 0.2) is 60.9 Å². The molecule has 1 amide bonds. The van der Waals surface area contributed by atoms with Crippen LogP contribution in [0, 0.1) is 5.82 Å². The molecule has 0 atom stereocenters. The number of nitrogens with zero attached hydrogens (tertiary/aromatic N) is 1. The van der Waals surface area contributed by atoms with E-state index in [0.29, 0.717) is 18.5 Å². The van der Waals surface area contributed by atoms with Gasteiger partial charge < -0.3 is 10.6 Å². The van der Waals surface area contributed by atoms with Gasteiger partial charge in [-0.3, -0.25) is 9.78 Å². The molecule has 0 saturated carbocycles. The van der Waals surface area contributed by atoms with E-state index in [0.717, 1.165) is 28.1 Å². The number of aromatic nitrogens is 1. The Morgan fingerprint density at radius 2 is 1.96 bits per heavy atom. The van der Waals surface area contributed by atoms with Crippen LogP contribution in [0.4, 0.5) is 15.8 Å². The van der Waals surface area contributed by atoms with Crippen molar-refractivity contribution in [3.63, 3.8) is 0 Å². The summed E-state index contributed by atoms with van der Waals surface area (Å²) in [5.41, 5.74) is 5.23.